The van der Waals surface area contributed by atoms with Crippen molar-refractivity contribution in [2.75, 3.05) is 0 Å². The van der Waals surface area contributed by atoms with Gasteiger partial charge in [-0.3, -0.25) is 0 Å². The summed E-state index contributed by atoms with van der Waals surface area (Å²) in [4.78, 5) is 4.61. The van der Waals surface area contributed by atoms with Crippen LogP contribution in [0, 0.1) is 11.6 Å². The average Bonchev–Trinajstić information content (AvgIpc) is 3.28. The molecule has 8 heteroatoms. The van der Waals surface area contributed by atoms with Crippen molar-refractivity contribution in [1.82, 2.24) is 29.4 Å². The van der Waals surface area contributed by atoms with Crippen LogP contribution < -0.4 is 0 Å². The first-order valence-corrected chi connectivity index (χ1v) is 7.94. The van der Waals surface area contributed by atoms with Gasteiger partial charge in [0.2, 0.25) is 5.82 Å². The zero-order valence-electron chi connectivity index (χ0n) is 13.0. The number of halogens is 2. The monoisotopic (exact) mass is 338 g/mol. The molecule has 124 valence electrons. The number of hydrogen-bond acceptors (Lipinski definition) is 4. The Morgan fingerprint density at radius 2 is 2.00 bits per heavy atom. The number of benzene rings is 1. The maximum atomic E-state index is 14.4. The minimum absolute atomic E-state index is 0.242. The normalized spacial score (nSPS) is 13.5. The Labute approximate surface area is 140 Å². The first-order chi connectivity index (χ1) is 12.2. The highest BCUT2D eigenvalue weighted by Gasteiger charge is 2.28. The third kappa shape index (κ3) is 2.07. The Morgan fingerprint density at radius 1 is 1.08 bits per heavy atom. The van der Waals surface area contributed by atoms with Crippen LogP contribution >= 0.6 is 0 Å². The van der Waals surface area contributed by atoms with E-state index in [9.17, 15) is 8.78 Å². The quantitative estimate of drug-likeness (QED) is 0.564. The molecule has 0 spiro atoms. The average molecular weight is 338 g/mol. The molecule has 0 saturated heterocycles. The van der Waals surface area contributed by atoms with E-state index in [2.05, 4.69) is 20.3 Å². The lowest BCUT2D eigenvalue weighted by Gasteiger charge is -2.07. The number of fused-ring (bicyclic) bond motifs is 2. The van der Waals surface area contributed by atoms with Crippen LogP contribution in [0.15, 0.2) is 36.5 Å². The molecule has 0 atom stereocenters. The Kier molecular flexibility index (Phi) is 2.94. The van der Waals surface area contributed by atoms with E-state index in [4.69, 9.17) is 0 Å². The second kappa shape index (κ2) is 5.17. The topological polar surface area (TPSA) is 60.9 Å². The molecule has 0 unspecified atom stereocenters. The van der Waals surface area contributed by atoms with Crippen LogP contribution in [-0.2, 0) is 13.0 Å². The molecule has 0 bridgehead atoms. The van der Waals surface area contributed by atoms with Crippen molar-refractivity contribution in [1.29, 1.82) is 0 Å². The minimum Gasteiger partial charge on any atom is -0.325 e. The number of aryl methyl sites for hydroxylation is 1. The van der Waals surface area contributed by atoms with Crippen LogP contribution in [0.25, 0.3) is 28.4 Å². The summed E-state index contributed by atoms with van der Waals surface area (Å²) in [7, 11) is 0. The molecule has 0 aliphatic carbocycles. The summed E-state index contributed by atoms with van der Waals surface area (Å²) >= 11 is 0. The van der Waals surface area contributed by atoms with Crippen LogP contribution in [0.1, 0.15) is 12.2 Å². The van der Waals surface area contributed by atoms with Gasteiger partial charge in [-0.25, -0.2) is 13.8 Å². The molecule has 6 nitrogen and oxygen atoms in total. The summed E-state index contributed by atoms with van der Waals surface area (Å²) in [5, 5.41) is 12.7. The molecule has 25 heavy (non-hydrogen) atoms. The van der Waals surface area contributed by atoms with Gasteiger partial charge in [-0.05, 0) is 30.7 Å². The molecule has 4 heterocycles. The van der Waals surface area contributed by atoms with Gasteiger partial charge in [-0.2, -0.15) is 9.61 Å². The van der Waals surface area contributed by atoms with Crippen molar-refractivity contribution in [3.05, 3.63) is 54.0 Å². The van der Waals surface area contributed by atoms with Crippen molar-refractivity contribution >= 4 is 5.65 Å². The van der Waals surface area contributed by atoms with E-state index in [0.29, 0.717) is 22.9 Å². The van der Waals surface area contributed by atoms with E-state index >= 15 is 0 Å². The van der Waals surface area contributed by atoms with E-state index < -0.39 is 11.6 Å². The van der Waals surface area contributed by atoms with Crippen LogP contribution in [0.4, 0.5) is 8.78 Å². The Balaban J connectivity index is 1.82. The number of aromatic nitrogens is 6. The van der Waals surface area contributed by atoms with Crippen LogP contribution in [0.3, 0.4) is 0 Å². The van der Waals surface area contributed by atoms with Crippen molar-refractivity contribution in [2.24, 2.45) is 0 Å². The number of imidazole rings is 1. The summed E-state index contributed by atoms with van der Waals surface area (Å²) in [5.41, 5.74) is 1.93. The second-order valence-electron chi connectivity index (χ2n) is 5.92. The Hall–Kier alpha value is -3.16. The van der Waals surface area contributed by atoms with Crippen LogP contribution in [0.5, 0.6) is 0 Å². The molecule has 1 aromatic carbocycles. The van der Waals surface area contributed by atoms with Gasteiger partial charge in [0.15, 0.2) is 5.65 Å². The number of nitrogens with zero attached hydrogens (tertiary/aromatic N) is 6. The fourth-order valence-corrected chi connectivity index (χ4v) is 3.31. The second-order valence-corrected chi connectivity index (χ2v) is 5.92. The third-order valence-electron chi connectivity index (χ3n) is 4.41. The maximum absolute atomic E-state index is 14.4. The van der Waals surface area contributed by atoms with Gasteiger partial charge in [0.05, 0.1) is 0 Å². The molecule has 0 saturated carbocycles. The predicted octanol–water partition coefficient (Wildman–Crippen LogP) is 2.88. The van der Waals surface area contributed by atoms with E-state index in [1.54, 1.807) is 22.8 Å². The predicted molar refractivity (Wildman–Crippen MR) is 85.7 cm³/mol. The largest absolute Gasteiger partial charge is 0.325 e. The van der Waals surface area contributed by atoms with Crippen molar-refractivity contribution in [3.8, 4) is 22.8 Å². The van der Waals surface area contributed by atoms with Crippen LogP contribution in [-0.4, -0.2) is 29.4 Å². The summed E-state index contributed by atoms with van der Waals surface area (Å²) in [6, 6.07) is 7.07. The van der Waals surface area contributed by atoms with Gasteiger partial charge in [0.25, 0.3) is 0 Å². The van der Waals surface area contributed by atoms with Crippen LogP contribution in [0.2, 0.25) is 0 Å². The lowest BCUT2D eigenvalue weighted by Crippen LogP contribution is -2.02. The third-order valence-corrected chi connectivity index (χ3v) is 4.41. The van der Waals surface area contributed by atoms with Gasteiger partial charge >= 0.3 is 0 Å². The van der Waals surface area contributed by atoms with Gasteiger partial charge in [-0.15, -0.1) is 10.2 Å². The summed E-state index contributed by atoms with van der Waals surface area (Å²) in [5.74, 6) is 0.0836. The highest BCUT2D eigenvalue weighted by molar-refractivity contribution is 5.77. The Morgan fingerprint density at radius 3 is 2.88 bits per heavy atom. The van der Waals surface area contributed by atoms with E-state index in [-0.39, 0.29) is 5.56 Å². The van der Waals surface area contributed by atoms with E-state index in [1.807, 2.05) is 4.57 Å². The smallest absolute Gasteiger partial charge is 0.204 e. The molecule has 1 aliphatic rings. The number of hydrogen-bond donors (Lipinski definition) is 0. The molecule has 1 aliphatic heterocycles. The minimum atomic E-state index is -0.653. The van der Waals surface area contributed by atoms with Gasteiger partial charge in [0.1, 0.15) is 28.8 Å². The fraction of sp³-hybridized carbons (Fsp3) is 0.176. The summed E-state index contributed by atoms with van der Waals surface area (Å²) < 4.78 is 31.3. The highest BCUT2D eigenvalue weighted by Crippen LogP contribution is 2.35. The lowest BCUT2D eigenvalue weighted by atomic mass is 10.1. The first kappa shape index (κ1) is 14.2. The summed E-state index contributed by atoms with van der Waals surface area (Å²) in [6.45, 7) is 0.766. The molecule has 0 N–H and O–H groups in total. The zero-order chi connectivity index (χ0) is 17.0. The molecular weight excluding hydrogens is 326 g/mol. The maximum Gasteiger partial charge on any atom is 0.204 e. The van der Waals surface area contributed by atoms with Gasteiger partial charge in [0, 0.05) is 30.8 Å². The molecule has 0 fully saturated rings. The zero-order valence-corrected chi connectivity index (χ0v) is 13.0. The van der Waals surface area contributed by atoms with Gasteiger partial charge < -0.3 is 4.57 Å². The fourth-order valence-electron chi connectivity index (χ4n) is 3.31. The molecule has 0 amide bonds. The van der Waals surface area contributed by atoms with E-state index in [1.165, 1.54) is 12.1 Å². The molecule has 3 aromatic heterocycles. The molecule has 0 radical (unpaired) electrons. The Bertz CT molecular complexity index is 1110. The van der Waals surface area contributed by atoms with Crippen molar-refractivity contribution < 1.29 is 8.78 Å². The molecular formula is C17H12F2N6. The molecule has 5 rings (SSSR count). The standard InChI is InChI=1S/C17H12F2N6/c18-10-5-6-11(12(19)9-10)15-16(24-8-2-4-13(24)21-15)17-23-22-14-3-1-7-20-25(14)17/h1,3,5-7,9H,2,4,8H2. The lowest BCUT2D eigenvalue weighted by molar-refractivity contribution is 0.585. The SMILES string of the molecule is Fc1ccc(-c2nc3n(c2-c2nnc4cccnn24)CCC3)c(F)c1. The highest BCUT2D eigenvalue weighted by atomic mass is 19.1. The summed E-state index contributed by atoms with van der Waals surface area (Å²) in [6.07, 6.45) is 3.41. The van der Waals surface area contributed by atoms with Gasteiger partial charge in [-0.1, -0.05) is 0 Å². The first-order valence-electron chi connectivity index (χ1n) is 7.94. The number of rotatable bonds is 2. The van der Waals surface area contributed by atoms with Crippen molar-refractivity contribution in [3.63, 3.8) is 0 Å². The van der Waals surface area contributed by atoms with E-state index in [0.717, 1.165) is 31.3 Å². The van der Waals surface area contributed by atoms with Crippen molar-refractivity contribution in [2.45, 2.75) is 19.4 Å². The molecule has 4 aromatic rings.